The van der Waals surface area contributed by atoms with Crippen molar-refractivity contribution in [2.24, 2.45) is 0 Å². The Balaban J connectivity index is 1.91. The summed E-state index contributed by atoms with van der Waals surface area (Å²) in [5, 5.41) is 4.80. The van der Waals surface area contributed by atoms with Gasteiger partial charge in [-0.2, -0.15) is 0 Å². The summed E-state index contributed by atoms with van der Waals surface area (Å²) < 4.78 is 0. The molecular formula is C18H20N2O2S. The highest BCUT2D eigenvalue weighted by atomic mass is 32.1. The van der Waals surface area contributed by atoms with Crippen LogP contribution in [0, 0.1) is 13.8 Å². The molecule has 0 bridgehead atoms. The van der Waals surface area contributed by atoms with Gasteiger partial charge in [-0.1, -0.05) is 18.2 Å². The van der Waals surface area contributed by atoms with E-state index in [0.29, 0.717) is 0 Å². The van der Waals surface area contributed by atoms with Crippen molar-refractivity contribution in [3.05, 3.63) is 57.8 Å². The predicted octanol–water partition coefficient (Wildman–Crippen LogP) is 3.48. The average Bonchev–Trinajstić information content (AvgIpc) is 3.01. The lowest BCUT2D eigenvalue weighted by Crippen LogP contribution is -2.34. The first-order valence-corrected chi connectivity index (χ1v) is 8.17. The Morgan fingerprint density at radius 3 is 2.74 bits per heavy atom. The average molecular weight is 328 g/mol. The molecule has 5 heteroatoms. The first-order chi connectivity index (χ1) is 11.0. The zero-order valence-electron chi connectivity index (χ0n) is 13.5. The van der Waals surface area contributed by atoms with E-state index in [0.717, 1.165) is 21.7 Å². The number of thiophene rings is 1. The summed E-state index contributed by atoms with van der Waals surface area (Å²) in [5.74, 6) is -0.409. The molecule has 1 N–H and O–H groups in total. The largest absolute Gasteiger partial charge is 0.333 e. The summed E-state index contributed by atoms with van der Waals surface area (Å²) in [6.45, 7) is 3.93. The quantitative estimate of drug-likeness (QED) is 0.854. The lowest BCUT2D eigenvalue weighted by molar-refractivity contribution is -0.129. The van der Waals surface area contributed by atoms with E-state index < -0.39 is 0 Å². The highest BCUT2D eigenvalue weighted by Gasteiger charge is 2.11. The van der Waals surface area contributed by atoms with Gasteiger partial charge in [0.05, 0.1) is 6.54 Å². The molecule has 2 aromatic rings. The molecule has 0 spiro atoms. The van der Waals surface area contributed by atoms with E-state index in [1.54, 1.807) is 24.5 Å². The number of anilines is 1. The van der Waals surface area contributed by atoms with Gasteiger partial charge < -0.3 is 10.2 Å². The van der Waals surface area contributed by atoms with Crippen molar-refractivity contribution in [1.82, 2.24) is 4.90 Å². The Morgan fingerprint density at radius 2 is 2.04 bits per heavy atom. The number of carbonyl (C=O) groups is 2. The van der Waals surface area contributed by atoms with Crippen molar-refractivity contribution in [3.63, 3.8) is 0 Å². The number of hydrogen-bond donors (Lipinski definition) is 1. The van der Waals surface area contributed by atoms with E-state index >= 15 is 0 Å². The number of aryl methyl sites for hydroxylation is 2. The molecule has 120 valence electrons. The number of hydrogen-bond acceptors (Lipinski definition) is 3. The van der Waals surface area contributed by atoms with Crippen molar-refractivity contribution in [1.29, 1.82) is 0 Å². The zero-order valence-corrected chi connectivity index (χ0v) is 14.3. The van der Waals surface area contributed by atoms with Crippen molar-refractivity contribution < 1.29 is 9.59 Å². The number of nitrogens with zero attached hydrogens (tertiary/aromatic N) is 1. The fourth-order valence-corrected chi connectivity index (χ4v) is 2.64. The van der Waals surface area contributed by atoms with E-state index in [1.807, 2.05) is 49.6 Å². The standard InChI is InChI=1S/C18H20N2O2S/c1-13-6-7-14(2)16(11-13)19-17(21)12-20(3)18(22)9-8-15-5-4-10-23-15/h4-11H,12H2,1-3H3,(H,19,21)/b9-8+. The van der Waals surface area contributed by atoms with Crippen LogP contribution in [0.15, 0.2) is 41.8 Å². The molecule has 0 aliphatic rings. The minimum Gasteiger partial charge on any atom is -0.333 e. The molecule has 0 saturated heterocycles. The minimum absolute atomic E-state index is 0.0149. The number of likely N-dealkylation sites (N-methyl/N-ethyl adjacent to an activating group) is 1. The van der Waals surface area contributed by atoms with Gasteiger partial charge >= 0.3 is 0 Å². The lowest BCUT2D eigenvalue weighted by atomic mass is 10.1. The SMILES string of the molecule is Cc1ccc(C)c(NC(=O)CN(C)C(=O)/C=C/c2cccs2)c1. The Morgan fingerprint density at radius 1 is 1.26 bits per heavy atom. The smallest absolute Gasteiger partial charge is 0.246 e. The maximum absolute atomic E-state index is 12.1. The fourth-order valence-electron chi connectivity index (χ4n) is 2.02. The van der Waals surface area contributed by atoms with Gasteiger partial charge in [-0.25, -0.2) is 0 Å². The van der Waals surface area contributed by atoms with Crippen molar-refractivity contribution in [3.8, 4) is 0 Å². The molecule has 1 aromatic carbocycles. The molecule has 0 saturated carbocycles. The van der Waals surface area contributed by atoms with Crippen LogP contribution in [0.2, 0.25) is 0 Å². The van der Waals surface area contributed by atoms with Crippen molar-refractivity contribution >= 4 is 34.9 Å². The van der Waals surface area contributed by atoms with Crippen LogP contribution in [0.4, 0.5) is 5.69 Å². The van der Waals surface area contributed by atoms with E-state index in [-0.39, 0.29) is 18.4 Å². The van der Waals surface area contributed by atoms with E-state index in [4.69, 9.17) is 0 Å². The number of amides is 2. The molecule has 4 nitrogen and oxygen atoms in total. The number of carbonyl (C=O) groups excluding carboxylic acids is 2. The first kappa shape index (κ1) is 17.0. The fraction of sp³-hybridized carbons (Fsp3) is 0.222. The minimum atomic E-state index is -0.209. The topological polar surface area (TPSA) is 49.4 Å². The highest BCUT2D eigenvalue weighted by molar-refractivity contribution is 7.10. The van der Waals surface area contributed by atoms with Crippen LogP contribution in [-0.4, -0.2) is 30.3 Å². The van der Waals surface area contributed by atoms with Crippen LogP contribution in [0.1, 0.15) is 16.0 Å². The Kier molecular flexibility index (Phi) is 5.71. The van der Waals surface area contributed by atoms with E-state index in [1.165, 1.54) is 11.0 Å². The second-order valence-corrected chi connectivity index (χ2v) is 6.39. The number of rotatable bonds is 5. The van der Waals surface area contributed by atoms with E-state index in [2.05, 4.69) is 5.32 Å². The second kappa shape index (κ2) is 7.74. The van der Waals surface area contributed by atoms with Crippen LogP contribution in [0.25, 0.3) is 6.08 Å². The molecule has 2 amide bonds. The molecule has 0 fully saturated rings. The molecule has 0 aliphatic carbocycles. The Hall–Kier alpha value is -2.40. The highest BCUT2D eigenvalue weighted by Crippen LogP contribution is 2.16. The van der Waals surface area contributed by atoms with Crippen molar-refractivity contribution in [2.75, 3.05) is 18.9 Å². The number of nitrogens with one attached hydrogen (secondary N) is 1. The van der Waals surface area contributed by atoms with Gasteiger partial charge in [-0.15, -0.1) is 11.3 Å². The summed E-state index contributed by atoms with van der Waals surface area (Å²) >= 11 is 1.56. The van der Waals surface area contributed by atoms with Gasteiger partial charge in [-0.05, 0) is 48.6 Å². The summed E-state index contributed by atoms with van der Waals surface area (Å²) in [6.07, 6.45) is 3.24. The molecule has 0 radical (unpaired) electrons. The summed E-state index contributed by atoms with van der Waals surface area (Å²) in [4.78, 5) is 26.5. The second-order valence-electron chi connectivity index (χ2n) is 5.41. The molecule has 0 atom stereocenters. The molecule has 0 aliphatic heterocycles. The van der Waals surface area contributed by atoms with Gasteiger partial charge in [-0.3, -0.25) is 9.59 Å². The van der Waals surface area contributed by atoms with Gasteiger partial charge in [0.15, 0.2) is 0 Å². The monoisotopic (exact) mass is 328 g/mol. The van der Waals surface area contributed by atoms with Crippen LogP contribution in [-0.2, 0) is 9.59 Å². The van der Waals surface area contributed by atoms with E-state index in [9.17, 15) is 9.59 Å². The molecule has 1 aromatic heterocycles. The third-order valence-corrected chi connectivity index (χ3v) is 4.20. The van der Waals surface area contributed by atoms with Crippen LogP contribution in [0.5, 0.6) is 0 Å². The molecule has 23 heavy (non-hydrogen) atoms. The van der Waals surface area contributed by atoms with Gasteiger partial charge in [0, 0.05) is 23.7 Å². The Bertz CT molecular complexity index is 721. The summed E-state index contributed by atoms with van der Waals surface area (Å²) in [5.41, 5.74) is 2.86. The predicted molar refractivity (Wildman–Crippen MR) is 95.5 cm³/mol. The molecule has 0 unspecified atom stereocenters. The third-order valence-electron chi connectivity index (χ3n) is 3.36. The Labute approximate surface area is 140 Å². The normalized spacial score (nSPS) is 10.7. The van der Waals surface area contributed by atoms with Crippen LogP contribution in [0.3, 0.4) is 0 Å². The summed E-state index contributed by atoms with van der Waals surface area (Å²) in [6, 6.07) is 9.74. The van der Waals surface area contributed by atoms with Crippen LogP contribution >= 0.6 is 11.3 Å². The van der Waals surface area contributed by atoms with Crippen LogP contribution < -0.4 is 5.32 Å². The van der Waals surface area contributed by atoms with Gasteiger partial charge in [0.1, 0.15) is 0 Å². The van der Waals surface area contributed by atoms with Crippen molar-refractivity contribution in [2.45, 2.75) is 13.8 Å². The molecule has 2 rings (SSSR count). The molecular weight excluding hydrogens is 308 g/mol. The third kappa shape index (κ3) is 5.07. The number of benzene rings is 1. The van der Waals surface area contributed by atoms with Gasteiger partial charge in [0.25, 0.3) is 0 Å². The lowest BCUT2D eigenvalue weighted by Gasteiger charge is -2.16. The van der Waals surface area contributed by atoms with Gasteiger partial charge in [0.2, 0.25) is 11.8 Å². The molecule has 1 heterocycles. The maximum Gasteiger partial charge on any atom is 0.246 e. The first-order valence-electron chi connectivity index (χ1n) is 7.29. The summed E-state index contributed by atoms with van der Waals surface area (Å²) in [7, 11) is 1.61. The maximum atomic E-state index is 12.1. The zero-order chi connectivity index (χ0) is 16.8.